The van der Waals surface area contributed by atoms with E-state index in [2.05, 4.69) is 15.6 Å². The number of ether oxygens (including phenoxy) is 3. The third-order valence-corrected chi connectivity index (χ3v) is 3.83. The number of benzene rings is 2. The molecule has 1 aromatic heterocycles. The van der Waals surface area contributed by atoms with E-state index in [0.717, 1.165) is 17.1 Å². The van der Waals surface area contributed by atoms with E-state index >= 15 is 0 Å². The van der Waals surface area contributed by atoms with Gasteiger partial charge in [0, 0.05) is 11.8 Å². The maximum absolute atomic E-state index is 5.75. The third-order valence-electron chi connectivity index (χ3n) is 3.63. The van der Waals surface area contributed by atoms with E-state index < -0.39 is 0 Å². The Morgan fingerprint density at radius 1 is 0.815 bits per heavy atom. The topological polar surface area (TPSA) is 64.6 Å². The Hall–Kier alpha value is -3.32. The smallest absolute Gasteiger partial charge is 0.219 e. The number of methoxy groups -OCH3 is 2. The first kappa shape index (κ1) is 18.5. The van der Waals surface area contributed by atoms with E-state index in [1.54, 1.807) is 26.5 Å². The highest BCUT2D eigenvalue weighted by Gasteiger charge is 2.06. The zero-order valence-corrected chi connectivity index (χ0v) is 15.7. The number of rotatable bonds is 6. The summed E-state index contributed by atoms with van der Waals surface area (Å²) in [5, 5.41) is 6.64. The van der Waals surface area contributed by atoms with Crippen LogP contribution < -0.4 is 24.8 Å². The molecule has 6 nitrogen and oxygen atoms in total. The molecule has 27 heavy (non-hydrogen) atoms. The van der Waals surface area contributed by atoms with Gasteiger partial charge in [-0.2, -0.15) is 0 Å². The van der Waals surface area contributed by atoms with Gasteiger partial charge in [-0.15, -0.1) is 0 Å². The van der Waals surface area contributed by atoms with Crippen molar-refractivity contribution in [3.05, 3.63) is 66.9 Å². The number of hydrogen-bond acceptors (Lipinski definition) is 5. The predicted octanol–water partition coefficient (Wildman–Crippen LogP) is 4.70. The third kappa shape index (κ3) is 5.08. The fourth-order valence-electron chi connectivity index (χ4n) is 2.30. The highest BCUT2D eigenvalue weighted by atomic mass is 32.1. The van der Waals surface area contributed by atoms with Gasteiger partial charge in [-0.3, -0.25) is 0 Å². The molecule has 0 spiro atoms. The minimum absolute atomic E-state index is 0.457. The second-order valence-corrected chi connectivity index (χ2v) is 5.85. The van der Waals surface area contributed by atoms with Crippen LogP contribution in [0, 0.1) is 0 Å². The largest absolute Gasteiger partial charge is 0.497 e. The molecule has 0 radical (unpaired) electrons. The average Bonchev–Trinajstić information content (AvgIpc) is 2.70. The highest BCUT2D eigenvalue weighted by molar-refractivity contribution is 7.80. The summed E-state index contributed by atoms with van der Waals surface area (Å²) in [4.78, 5) is 4.29. The molecule has 138 valence electrons. The van der Waals surface area contributed by atoms with Crippen LogP contribution in [0.2, 0.25) is 0 Å². The molecule has 0 aliphatic carbocycles. The van der Waals surface area contributed by atoms with Crippen molar-refractivity contribution in [3.8, 4) is 23.1 Å². The molecule has 0 saturated heterocycles. The number of para-hydroxylation sites is 2. The first-order valence-corrected chi connectivity index (χ1v) is 8.58. The van der Waals surface area contributed by atoms with Crippen LogP contribution in [0.15, 0.2) is 66.9 Å². The Morgan fingerprint density at radius 2 is 1.48 bits per heavy atom. The molecular formula is C20H19N3O3S. The van der Waals surface area contributed by atoms with Gasteiger partial charge in [-0.1, -0.05) is 12.1 Å². The summed E-state index contributed by atoms with van der Waals surface area (Å²) in [5.74, 6) is 2.49. The number of anilines is 2. The van der Waals surface area contributed by atoms with Crippen LogP contribution in [0.1, 0.15) is 0 Å². The first-order chi connectivity index (χ1) is 13.2. The van der Waals surface area contributed by atoms with Crippen LogP contribution in [0.25, 0.3) is 0 Å². The molecule has 0 saturated carbocycles. The lowest BCUT2D eigenvalue weighted by Crippen LogP contribution is -2.19. The van der Waals surface area contributed by atoms with Gasteiger partial charge in [-0.25, -0.2) is 4.98 Å². The summed E-state index contributed by atoms with van der Waals surface area (Å²) in [7, 11) is 3.22. The van der Waals surface area contributed by atoms with E-state index in [0.29, 0.717) is 22.5 Å². The van der Waals surface area contributed by atoms with Crippen LogP contribution in [0.3, 0.4) is 0 Å². The van der Waals surface area contributed by atoms with Gasteiger partial charge in [0.25, 0.3) is 0 Å². The number of hydrogen-bond donors (Lipinski definition) is 2. The Kier molecular flexibility index (Phi) is 6.06. The molecule has 0 bridgehead atoms. The van der Waals surface area contributed by atoms with Crippen molar-refractivity contribution in [2.24, 2.45) is 0 Å². The highest BCUT2D eigenvalue weighted by Crippen LogP contribution is 2.30. The molecule has 0 fully saturated rings. The lowest BCUT2D eigenvalue weighted by Gasteiger charge is -2.12. The van der Waals surface area contributed by atoms with Gasteiger partial charge in [0.2, 0.25) is 5.88 Å². The van der Waals surface area contributed by atoms with Crippen molar-refractivity contribution in [1.29, 1.82) is 0 Å². The SMILES string of the molecule is COc1ccc(NC(=S)Nc2ccc(Oc3ccccc3OC)nc2)cc1. The van der Waals surface area contributed by atoms with E-state index in [1.165, 1.54) is 0 Å². The van der Waals surface area contributed by atoms with Gasteiger partial charge in [0.05, 0.1) is 26.1 Å². The molecule has 2 aromatic carbocycles. The van der Waals surface area contributed by atoms with Crippen LogP contribution in [0.4, 0.5) is 11.4 Å². The Labute approximate surface area is 163 Å². The molecular weight excluding hydrogens is 362 g/mol. The molecule has 1 heterocycles. The molecule has 0 unspecified atom stereocenters. The van der Waals surface area contributed by atoms with Crippen LogP contribution in [0.5, 0.6) is 23.1 Å². The normalized spacial score (nSPS) is 10.0. The number of nitrogens with zero attached hydrogens (tertiary/aromatic N) is 1. The molecule has 3 rings (SSSR count). The standard InChI is InChI=1S/C20H19N3O3S/c1-24-16-10-7-14(8-11-16)22-20(27)23-15-9-12-19(21-13-15)26-18-6-4-3-5-17(18)25-2/h3-13H,1-2H3,(H2,22,23,27). The summed E-state index contributed by atoms with van der Waals surface area (Å²) in [6.07, 6.45) is 1.65. The van der Waals surface area contributed by atoms with Crippen molar-refractivity contribution in [1.82, 2.24) is 4.98 Å². The summed E-state index contributed by atoms with van der Waals surface area (Å²) in [6, 6.07) is 18.5. The maximum atomic E-state index is 5.75. The first-order valence-electron chi connectivity index (χ1n) is 8.17. The second kappa shape index (κ2) is 8.86. The molecule has 3 aromatic rings. The van der Waals surface area contributed by atoms with Crippen molar-refractivity contribution in [2.45, 2.75) is 0 Å². The van der Waals surface area contributed by atoms with Crippen molar-refractivity contribution < 1.29 is 14.2 Å². The monoisotopic (exact) mass is 381 g/mol. The number of aromatic nitrogens is 1. The van der Waals surface area contributed by atoms with Crippen LogP contribution in [-0.4, -0.2) is 24.3 Å². The molecule has 0 aliphatic heterocycles. The number of nitrogens with one attached hydrogen (secondary N) is 2. The average molecular weight is 381 g/mol. The van der Waals surface area contributed by atoms with Crippen LogP contribution >= 0.6 is 12.2 Å². The van der Waals surface area contributed by atoms with Crippen molar-refractivity contribution >= 4 is 28.7 Å². The van der Waals surface area contributed by atoms with Gasteiger partial charge < -0.3 is 24.8 Å². The van der Waals surface area contributed by atoms with E-state index in [-0.39, 0.29) is 0 Å². The molecule has 2 N–H and O–H groups in total. The van der Waals surface area contributed by atoms with E-state index in [1.807, 2.05) is 54.6 Å². The van der Waals surface area contributed by atoms with Crippen LogP contribution in [-0.2, 0) is 0 Å². The van der Waals surface area contributed by atoms with E-state index in [9.17, 15) is 0 Å². The quantitative estimate of drug-likeness (QED) is 0.600. The molecule has 0 amide bonds. The minimum atomic E-state index is 0.457. The van der Waals surface area contributed by atoms with Gasteiger partial charge in [0.1, 0.15) is 5.75 Å². The minimum Gasteiger partial charge on any atom is -0.497 e. The summed E-state index contributed by atoms with van der Waals surface area (Å²) in [6.45, 7) is 0. The zero-order chi connectivity index (χ0) is 19.1. The molecule has 7 heteroatoms. The van der Waals surface area contributed by atoms with Gasteiger partial charge in [-0.05, 0) is 54.7 Å². The Morgan fingerprint density at radius 3 is 2.11 bits per heavy atom. The zero-order valence-electron chi connectivity index (χ0n) is 14.9. The molecule has 0 aliphatic rings. The second-order valence-electron chi connectivity index (χ2n) is 5.45. The maximum Gasteiger partial charge on any atom is 0.219 e. The van der Waals surface area contributed by atoms with E-state index in [4.69, 9.17) is 26.4 Å². The lowest BCUT2D eigenvalue weighted by molar-refractivity contribution is 0.374. The summed E-state index contributed by atoms with van der Waals surface area (Å²) >= 11 is 5.32. The fraction of sp³-hybridized carbons (Fsp3) is 0.100. The predicted molar refractivity (Wildman–Crippen MR) is 110 cm³/mol. The summed E-state index contributed by atoms with van der Waals surface area (Å²) < 4.78 is 16.2. The van der Waals surface area contributed by atoms with Gasteiger partial charge >= 0.3 is 0 Å². The number of pyridine rings is 1. The van der Waals surface area contributed by atoms with Crippen molar-refractivity contribution in [2.75, 3.05) is 24.9 Å². The lowest BCUT2D eigenvalue weighted by atomic mass is 10.3. The van der Waals surface area contributed by atoms with Gasteiger partial charge in [0.15, 0.2) is 16.6 Å². The molecule has 0 atom stereocenters. The Bertz CT molecular complexity index is 899. The Balaban J connectivity index is 1.59. The fourth-order valence-corrected chi connectivity index (χ4v) is 2.53. The van der Waals surface area contributed by atoms with Crippen molar-refractivity contribution in [3.63, 3.8) is 0 Å². The summed E-state index contributed by atoms with van der Waals surface area (Å²) in [5.41, 5.74) is 1.60. The number of thiocarbonyl (C=S) groups is 1.